The Balaban J connectivity index is 1.75. The minimum Gasteiger partial charge on any atom is -0.378 e. The number of aromatic nitrogens is 2. The molecular formula is C16H21N3O2. The molecule has 0 bridgehead atoms. The molecule has 5 nitrogen and oxygen atoms in total. The molecule has 0 aliphatic carbocycles. The molecule has 0 atom stereocenters. The number of nitrogens with zero attached hydrogens (tertiary/aromatic N) is 2. The maximum absolute atomic E-state index is 12.3. The minimum atomic E-state index is 0.168. The third-order valence-corrected chi connectivity index (χ3v) is 3.83. The summed E-state index contributed by atoms with van der Waals surface area (Å²) in [6.45, 7) is 6.90. The molecule has 1 amide bonds. The quantitative estimate of drug-likeness (QED) is 0.940. The number of rotatable bonds is 3. The number of aromatic amines is 1. The minimum absolute atomic E-state index is 0.168. The first-order valence-electron chi connectivity index (χ1n) is 7.47. The van der Waals surface area contributed by atoms with Crippen LogP contribution in [0.2, 0.25) is 0 Å². The molecule has 1 aliphatic heterocycles. The molecule has 3 rings (SSSR count). The zero-order chi connectivity index (χ0) is 14.8. The fourth-order valence-electron chi connectivity index (χ4n) is 2.56. The lowest BCUT2D eigenvalue weighted by Crippen LogP contribution is -2.41. The molecule has 1 aliphatic rings. The summed E-state index contributed by atoms with van der Waals surface area (Å²) in [5.41, 5.74) is 2.99. The molecule has 2 heterocycles. The number of carbonyl (C=O) groups is 1. The molecule has 0 radical (unpaired) electrons. The number of morpholine rings is 1. The lowest BCUT2D eigenvalue weighted by atomic mass is 10.1. The summed E-state index contributed by atoms with van der Waals surface area (Å²) in [6.07, 6.45) is 0.436. The average Bonchev–Trinajstić information content (AvgIpc) is 2.91. The molecular weight excluding hydrogens is 266 g/mol. The Labute approximate surface area is 124 Å². The van der Waals surface area contributed by atoms with Crippen LogP contribution in [0.4, 0.5) is 0 Å². The first-order valence-corrected chi connectivity index (χ1v) is 7.47. The summed E-state index contributed by atoms with van der Waals surface area (Å²) >= 11 is 0. The highest BCUT2D eigenvalue weighted by molar-refractivity contribution is 5.82. The van der Waals surface area contributed by atoms with Crippen LogP contribution in [-0.2, 0) is 16.0 Å². The second-order valence-electron chi connectivity index (χ2n) is 5.80. The fraction of sp³-hybridized carbons (Fsp3) is 0.500. The van der Waals surface area contributed by atoms with Gasteiger partial charge in [0.15, 0.2) is 0 Å². The van der Waals surface area contributed by atoms with E-state index >= 15 is 0 Å². The molecule has 0 unspecified atom stereocenters. The van der Waals surface area contributed by atoms with Crippen LogP contribution in [0.3, 0.4) is 0 Å². The van der Waals surface area contributed by atoms with E-state index in [1.54, 1.807) is 0 Å². The number of carbonyl (C=O) groups excluding carboxylic acids is 1. The first-order chi connectivity index (χ1) is 10.1. The van der Waals surface area contributed by atoms with Gasteiger partial charge in [-0.05, 0) is 17.7 Å². The van der Waals surface area contributed by atoms with Gasteiger partial charge in [-0.1, -0.05) is 19.9 Å². The van der Waals surface area contributed by atoms with Crippen molar-refractivity contribution in [1.82, 2.24) is 14.9 Å². The van der Waals surface area contributed by atoms with Crippen molar-refractivity contribution < 1.29 is 9.53 Å². The summed E-state index contributed by atoms with van der Waals surface area (Å²) in [5, 5.41) is 0. The van der Waals surface area contributed by atoms with Crippen molar-refractivity contribution in [3.63, 3.8) is 0 Å². The van der Waals surface area contributed by atoms with Crippen LogP contribution in [0.5, 0.6) is 0 Å². The molecule has 21 heavy (non-hydrogen) atoms. The monoisotopic (exact) mass is 287 g/mol. The Morgan fingerprint density at radius 1 is 1.38 bits per heavy atom. The van der Waals surface area contributed by atoms with Gasteiger partial charge < -0.3 is 14.6 Å². The van der Waals surface area contributed by atoms with Gasteiger partial charge >= 0.3 is 0 Å². The largest absolute Gasteiger partial charge is 0.378 e. The number of benzene rings is 1. The zero-order valence-corrected chi connectivity index (χ0v) is 12.6. The predicted molar refractivity (Wildman–Crippen MR) is 81.3 cm³/mol. The molecule has 1 saturated heterocycles. The van der Waals surface area contributed by atoms with Gasteiger partial charge in [-0.2, -0.15) is 0 Å². The summed E-state index contributed by atoms with van der Waals surface area (Å²) in [4.78, 5) is 22.0. The highest BCUT2D eigenvalue weighted by Gasteiger charge is 2.17. The average molecular weight is 287 g/mol. The fourth-order valence-corrected chi connectivity index (χ4v) is 2.56. The molecule has 5 heteroatoms. The van der Waals surface area contributed by atoms with Crippen molar-refractivity contribution >= 4 is 16.9 Å². The lowest BCUT2D eigenvalue weighted by molar-refractivity contribution is -0.134. The van der Waals surface area contributed by atoms with Gasteiger partial charge in [0.2, 0.25) is 5.91 Å². The summed E-state index contributed by atoms with van der Waals surface area (Å²) in [6, 6.07) is 6.01. The van der Waals surface area contributed by atoms with E-state index in [-0.39, 0.29) is 5.91 Å². The van der Waals surface area contributed by atoms with Crippen molar-refractivity contribution in [2.24, 2.45) is 0 Å². The van der Waals surface area contributed by atoms with Gasteiger partial charge in [0.1, 0.15) is 5.82 Å². The third-order valence-electron chi connectivity index (χ3n) is 3.83. The van der Waals surface area contributed by atoms with Crippen molar-refractivity contribution in [1.29, 1.82) is 0 Å². The standard InChI is InChI=1S/C16H21N3O2/c1-11(2)16-17-13-4-3-12(9-14(13)18-16)10-15(20)19-5-7-21-8-6-19/h3-4,9,11H,5-8,10H2,1-2H3,(H,17,18). The topological polar surface area (TPSA) is 58.2 Å². The molecule has 1 aromatic heterocycles. The first kappa shape index (κ1) is 14.1. The van der Waals surface area contributed by atoms with E-state index in [1.165, 1.54) is 0 Å². The van der Waals surface area contributed by atoms with Crippen molar-refractivity contribution in [3.05, 3.63) is 29.6 Å². The van der Waals surface area contributed by atoms with Crippen LogP contribution in [-0.4, -0.2) is 47.1 Å². The van der Waals surface area contributed by atoms with Crippen molar-refractivity contribution in [2.75, 3.05) is 26.3 Å². The van der Waals surface area contributed by atoms with Crippen molar-refractivity contribution in [2.45, 2.75) is 26.2 Å². The summed E-state index contributed by atoms with van der Waals surface area (Å²) in [5.74, 6) is 1.53. The van der Waals surface area contributed by atoms with E-state index in [1.807, 2.05) is 23.1 Å². The second kappa shape index (κ2) is 5.85. The van der Waals surface area contributed by atoms with Gasteiger partial charge in [-0.3, -0.25) is 4.79 Å². The maximum Gasteiger partial charge on any atom is 0.227 e. The Morgan fingerprint density at radius 2 is 2.14 bits per heavy atom. The van der Waals surface area contributed by atoms with Gasteiger partial charge in [0, 0.05) is 19.0 Å². The highest BCUT2D eigenvalue weighted by Crippen LogP contribution is 2.19. The number of amides is 1. The molecule has 1 aromatic carbocycles. The van der Waals surface area contributed by atoms with E-state index < -0.39 is 0 Å². The Morgan fingerprint density at radius 3 is 2.86 bits per heavy atom. The van der Waals surface area contributed by atoms with Crippen LogP contribution in [0.1, 0.15) is 31.2 Å². The maximum atomic E-state index is 12.3. The summed E-state index contributed by atoms with van der Waals surface area (Å²) < 4.78 is 5.28. The van der Waals surface area contributed by atoms with Crippen LogP contribution in [0.15, 0.2) is 18.2 Å². The number of hydrogen-bond acceptors (Lipinski definition) is 3. The molecule has 1 N–H and O–H groups in total. The number of H-pyrrole nitrogens is 1. The number of hydrogen-bond donors (Lipinski definition) is 1. The van der Waals surface area contributed by atoms with E-state index in [0.29, 0.717) is 38.6 Å². The SMILES string of the molecule is CC(C)c1nc2ccc(CC(=O)N3CCOCC3)cc2[nH]1. The molecule has 1 fully saturated rings. The van der Waals surface area contributed by atoms with Gasteiger partial charge in [-0.25, -0.2) is 4.98 Å². The predicted octanol–water partition coefficient (Wildman–Crippen LogP) is 2.09. The Hall–Kier alpha value is -1.88. The van der Waals surface area contributed by atoms with E-state index in [0.717, 1.165) is 22.4 Å². The van der Waals surface area contributed by atoms with E-state index in [9.17, 15) is 4.79 Å². The van der Waals surface area contributed by atoms with E-state index in [2.05, 4.69) is 23.8 Å². The third kappa shape index (κ3) is 3.08. The van der Waals surface area contributed by atoms with Gasteiger partial charge in [-0.15, -0.1) is 0 Å². The van der Waals surface area contributed by atoms with E-state index in [4.69, 9.17) is 4.74 Å². The Bertz CT molecular complexity index is 642. The number of ether oxygens (including phenoxy) is 1. The van der Waals surface area contributed by atoms with Crippen LogP contribution in [0, 0.1) is 0 Å². The van der Waals surface area contributed by atoms with Crippen LogP contribution >= 0.6 is 0 Å². The number of fused-ring (bicyclic) bond motifs is 1. The highest BCUT2D eigenvalue weighted by atomic mass is 16.5. The number of imidazole rings is 1. The zero-order valence-electron chi connectivity index (χ0n) is 12.6. The molecule has 112 valence electrons. The molecule has 0 spiro atoms. The normalized spacial score (nSPS) is 15.9. The summed E-state index contributed by atoms with van der Waals surface area (Å²) in [7, 11) is 0. The van der Waals surface area contributed by atoms with Crippen molar-refractivity contribution in [3.8, 4) is 0 Å². The van der Waals surface area contributed by atoms with Gasteiger partial charge in [0.05, 0.1) is 30.7 Å². The van der Waals surface area contributed by atoms with Gasteiger partial charge in [0.25, 0.3) is 0 Å². The molecule has 0 saturated carbocycles. The smallest absolute Gasteiger partial charge is 0.227 e. The van der Waals surface area contributed by atoms with Crippen LogP contribution in [0.25, 0.3) is 11.0 Å². The number of nitrogens with one attached hydrogen (secondary N) is 1. The molecule has 2 aromatic rings. The second-order valence-corrected chi connectivity index (χ2v) is 5.80. The lowest BCUT2D eigenvalue weighted by Gasteiger charge is -2.26. The van der Waals surface area contributed by atoms with Crippen LogP contribution < -0.4 is 0 Å². The Kier molecular flexibility index (Phi) is 3.92.